The van der Waals surface area contributed by atoms with E-state index >= 15 is 0 Å². The summed E-state index contributed by atoms with van der Waals surface area (Å²) in [5, 5.41) is 11.8. The van der Waals surface area contributed by atoms with Gasteiger partial charge in [-0.2, -0.15) is 5.10 Å². The molecule has 0 aliphatic carbocycles. The quantitative estimate of drug-likeness (QED) is 0.494. The molecular weight excluding hydrogens is 372 g/mol. The van der Waals surface area contributed by atoms with Gasteiger partial charge in [0.25, 0.3) is 0 Å². The van der Waals surface area contributed by atoms with Crippen molar-refractivity contribution in [1.82, 2.24) is 25.1 Å². The van der Waals surface area contributed by atoms with Crippen molar-refractivity contribution in [1.29, 1.82) is 0 Å². The number of anilines is 1. The van der Waals surface area contributed by atoms with E-state index in [0.717, 1.165) is 40.1 Å². The first-order valence-electron chi connectivity index (χ1n) is 10.3. The van der Waals surface area contributed by atoms with Crippen LogP contribution in [0.15, 0.2) is 67.6 Å². The Labute approximate surface area is 175 Å². The normalized spacial score (nSPS) is 14.3. The van der Waals surface area contributed by atoms with E-state index in [1.165, 1.54) is 31.5 Å². The summed E-state index contributed by atoms with van der Waals surface area (Å²) in [7, 11) is 0. The van der Waals surface area contributed by atoms with Gasteiger partial charge in [0.1, 0.15) is 11.5 Å². The first kappa shape index (κ1) is 18.5. The SMILES string of the molecule is C=C(Nc1ccccn1)c1n[nH]c2ccc(-c3cncc(CN4CCCC4)c3)cc12. The summed E-state index contributed by atoms with van der Waals surface area (Å²) in [6, 6.07) is 14.3. The minimum absolute atomic E-state index is 0.706. The average Bonchev–Trinajstić information content (AvgIpc) is 3.44. The molecule has 30 heavy (non-hydrogen) atoms. The predicted octanol–water partition coefficient (Wildman–Crippen LogP) is 4.70. The van der Waals surface area contributed by atoms with Crippen LogP contribution >= 0.6 is 0 Å². The van der Waals surface area contributed by atoms with Gasteiger partial charge < -0.3 is 5.32 Å². The highest BCUT2D eigenvalue weighted by atomic mass is 15.1. The molecule has 5 rings (SSSR count). The van der Waals surface area contributed by atoms with E-state index in [0.29, 0.717) is 5.70 Å². The predicted molar refractivity (Wildman–Crippen MR) is 121 cm³/mol. The fraction of sp³-hybridized carbons (Fsp3) is 0.208. The summed E-state index contributed by atoms with van der Waals surface area (Å²) in [5.41, 5.74) is 5.95. The Morgan fingerprint density at radius 2 is 1.97 bits per heavy atom. The third-order valence-electron chi connectivity index (χ3n) is 5.53. The first-order chi connectivity index (χ1) is 14.8. The van der Waals surface area contributed by atoms with Gasteiger partial charge in [-0.15, -0.1) is 0 Å². The summed E-state index contributed by atoms with van der Waals surface area (Å²) >= 11 is 0. The minimum atomic E-state index is 0.706. The van der Waals surface area contributed by atoms with Crippen LogP contribution in [0.5, 0.6) is 0 Å². The maximum absolute atomic E-state index is 4.50. The van der Waals surface area contributed by atoms with Crippen LogP contribution in [0, 0.1) is 0 Å². The lowest BCUT2D eigenvalue weighted by atomic mass is 10.0. The van der Waals surface area contributed by atoms with Gasteiger partial charge in [-0.1, -0.05) is 18.7 Å². The molecule has 1 aliphatic rings. The molecule has 6 heteroatoms. The second-order valence-electron chi connectivity index (χ2n) is 7.72. The molecule has 0 saturated carbocycles. The molecule has 0 bridgehead atoms. The first-order valence-corrected chi connectivity index (χ1v) is 10.3. The summed E-state index contributed by atoms with van der Waals surface area (Å²) in [5.74, 6) is 0.744. The third kappa shape index (κ3) is 3.82. The van der Waals surface area contributed by atoms with E-state index in [1.807, 2.05) is 30.6 Å². The molecule has 1 aliphatic heterocycles. The van der Waals surface area contributed by atoms with Crippen LogP contribution in [-0.4, -0.2) is 38.2 Å². The Morgan fingerprint density at radius 1 is 1.07 bits per heavy atom. The molecule has 1 aromatic carbocycles. The average molecular weight is 396 g/mol. The molecule has 0 atom stereocenters. The van der Waals surface area contributed by atoms with Crippen LogP contribution in [0.2, 0.25) is 0 Å². The van der Waals surface area contributed by atoms with E-state index in [-0.39, 0.29) is 0 Å². The number of fused-ring (bicyclic) bond motifs is 1. The van der Waals surface area contributed by atoms with Gasteiger partial charge >= 0.3 is 0 Å². The van der Waals surface area contributed by atoms with Crippen molar-refractivity contribution < 1.29 is 0 Å². The van der Waals surface area contributed by atoms with Crippen molar-refractivity contribution in [2.24, 2.45) is 0 Å². The molecule has 0 spiro atoms. The van der Waals surface area contributed by atoms with Crippen molar-refractivity contribution in [3.8, 4) is 11.1 Å². The second kappa shape index (κ2) is 8.08. The van der Waals surface area contributed by atoms with Crippen molar-refractivity contribution >= 4 is 22.4 Å². The van der Waals surface area contributed by atoms with Crippen LogP contribution in [0.1, 0.15) is 24.1 Å². The number of aromatic nitrogens is 4. The largest absolute Gasteiger partial charge is 0.339 e. The second-order valence-corrected chi connectivity index (χ2v) is 7.72. The number of benzene rings is 1. The zero-order valence-corrected chi connectivity index (χ0v) is 16.8. The van der Waals surface area contributed by atoms with Gasteiger partial charge in [0.05, 0.1) is 11.2 Å². The zero-order valence-electron chi connectivity index (χ0n) is 16.8. The van der Waals surface area contributed by atoms with Gasteiger partial charge in [0.2, 0.25) is 0 Å². The minimum Gasteiger partial charge on any atom is -0.339 e. The van der Waals surface area contributed by atoms with E-state index in [4.69, 9.17) is 0 Å². The monoisotopic (exact) mass is 396 g/mol. The van der Waals surface area contributed by atoms with Gasteiger partial charge in [-0.25, -0.2) is 4.98 Å². The van der Waals surface area contributed by atoms with Crippen molar-refractivity contribution in [3.63, 3.8) is 0 Å². The van der Waals surface area contributed by atoms with Gasteiger partial charge in [-0.3, -0.25) is 15.0 Å². The highest BCUT2D eigenvalue weighted by Crippen LogP contribution is 2.28. The molecule has 1 fully saturated rings. The summed E-state index contributed by atoms with van der Waals surface area (Å²) in [6.07, 6.45) is 8.24. The summed E-state index contributed by atoms with van der Waals surface area (Å²) in [4.78, 5) is 11.3. The van der Waals surface area contributed by atoms with Crippen LogP contribution in [0.3, 0.4) is 0 Å². The Morgan fingerprint density at radius 3 is 2.80 bits per heavy atom. The molecule has 1 saturated heterocycles. The number of likely N-dealkylation sites (tertiary alicyclic amines) is 1. The molecule has 4 aromatic rings. The molecule has 150 valence electrons. The molecule has 4 heterocycles. The molecule has 2 N–H and O–H groups in total. The lowest BCUT2D eigenvalue weighted by molar-refractivity contribution is 0.331. The topological polar surface area (TPSA) is 69.7 Å². The fourth-order valence-electron chi connectivity index (χ4n) is 4.00. The van der Waals surface area contributed by atoms with Gasteiger partial charge in [0, 0.05) is 36.1 Å². The van der Waals surface area contributed by atoms with Gasteiger partial charge in [0.15, 0.2) is 0 Å². The van der Waals surface area contributed by atoms with E-state index in [1.54, 1.807) is 6.20 Å². The van der Waals surface area contributed by atoms with E-state index in [2.05, 4.69) is 61.2 Å². The number of hydrogen-bond acceptors (Lipinski definition) is 5. The molecule has 6 nitrogen and oxygen atoms in total. The highest BCUT2D eigenvalue weighted by Gasteiger charge is 2.14. The zero-order chi connectivity index (χ0) is 20.3. The smallest absolute Gasteiger partial charge is 0.130 e. The Hall–Kier alpha value is -3.51. The molecule has 3 aromatic heterocycles. The standard InChI is InChI=1S/C24H24N6/c1-17(27-23-6-2-3-9-26-23)24-21-13-19(7-8-22(21)28-29-24)20-12-18(14-25-15-20)16-30-10-4-5-11-30/h2-3,6-9,12-15H,1,4-5,10-11,16H2,(H,26,27)(H,28,29). The van der Waals surface area contributed by atoms with Crippen LogP contribution in [-0.2, 0) is 6.54 Å². The van der Waals surface area contributed by atoms with Gasteiger partial charge in [-0.05, 0) is 67.4 Å². The van der Waals surface area contributed by atoms with Crippen LogP contribution in [0.4, 0.5) is 5.82 Å². The molecular formula is C24H24N6. The number of pyridine rings is 2. The molecule has 0 amide bonds. The Bertz CT molecular complexity index is 1170. The number of nitrogens with one attached hydrogen (secondary N) is 2. The molecule has 0 radical (unpaired) electrons. The maximum Gasteiger partial charge on any atom is 0.130 e. The lowest BCUT2D eigenvalue weighted by Gasteiger charge is -2.14. The van der Waals surface area contributed by atoms with E-state index in [9.17, 15) is 0 Å². The number of hydrogen-bond donors (Lipinski definition) is 2. The molecule has 0 unspecified atom stereocenters. The third-order valence-corrected chi connectivity index (χ3v) is 5.53. The van der Waals surface area contributed by atoms with Crippen LogP contribution in [0.25, 0.3) is 27.7 Å². The van der Waals surface area contributed by atoms with Crippen molar-refractivity contribution in [2.45, 2.75) is 19.4 Å². The maximum atomic E-state index is 4.50. The number of H-pyrrole nitrogens is 1. The highest BCUT2D eigenvalue weighted by molar-refractivity contribution is 5.94. The Kier molecular flexibility index (Phi) is 4.99. The lowest BCUT2D eigenvalue weighted by Crippen LogP contribution is -2.18. The summed E-state index contributed by atoms with van der Waals surface area (Å²) in [6.45, 7) is 7.49. The summed E-state index contributed by atoms with van der Waals surface area (Å²) < 4.78 is 0. The van der Waals surface area contributed by atoms with Crippen molar-refractivity contribution in [3.05, 3.63) is 78.9 Å². The van der Waals surface area contributed by atoms with Crippen molar-refractivity contribution in [2.75, 3.05) is 18.4 Å². The number of rotatable bonds is 6. The number of aromatic amines is 1. The number of nitrogens with zero attached hydrogens (tertiary/aromatic N) is 4. The Balaban J connectivity index is 1.43. The van der Waals surface area contributed by atoms with Crippen LogP contribution < -0.4 is 5.32 Å². The fourth-order valence-corrected chi connectivity index (χ4v) is 4.00. The van der Waals surface area contributed by atoms with E-state index < -0.39 is 0 Å².